The maximum Gasteiger partial charge on any atom is 0.273 e. The number of hydrogen-bond donors (Lipinski definition) is 3. The number of anilines is 2. The van der Waals surface area contributed by atoms with Gasteiger partial charge >= 0.3 is 0 Å². The fourth-order valence-corrected chi connectivity index (χ4v) is 1.70. The highest BCUT2D eigenvalue weighted by molar-refractivity contribution is 6.03. The summed E-state index contributed by atoms with van der Waals surface area (Å²) in [6.45, 7) is 2.14. The molecule has 0 unspecified atom stereocenters. The highest BCUT2D eigenvalue weighted by Gasteiger charge is 2.08. The summed E-state index contributed by atoms with van der Waals surface area (Å²) in [5, 5.41) is 9.05. The lowest BCUT2D eigenvalue weighted by Gasteiger charge is -2.04. The number of aromatic amines is 1. The Morgan fingerprint density at radius 3 is 2.67 bits per heavy atom. The third kappa shape index (κ3) is 2.88. The van der Waals surface area contributed by atoms with Crippen molar-refractivity contribution < 1.29 is 4.79 Å². The van der Waals surface area contributed by atoms with Crippen molar-refractivity contribution in [3.8, 4) is 0 Å². The number of nitrogens with two attached hydrogens (primary N) is 1. The molecule has 1 heterocycles. The number of amides is 1. The zero-order valence-corrected chi connectivity index (χ0v) is 10.2. The summed E-state index contributed by atoms with van der Waals surface area (Å²) in [5.41, 5.74) is 7.82. The molecule has 0 radical (unpaired) electrons. The molecule has 4 N–H and O–H groups in total. The van der Waals surface area contributed by atoms with Crippen LogP contribution in [0.15, 0.2) is 30.3 Å². The van der Waals surface area contributed by atoms with Gasteiger partial charge in [-0.1, -0.05) is 25.5 Å². The monoisotopic (exact) mass is 244 g/mol. The second kappa shape index (κ2) is 5.35. The third-order valence-electron chi connectivity index (χ3n) is 2.59. The van der Waals surface area contributed by atoms with Gasteiger partial charge in [-0.25, -0.2) is 0 Å². The van der Waals surface area contributed by atoms with E-state index < -0.39 is 0 Å². The van der Waals surface area contributed by atoms with Crippen LogP contribution in [0.3, 0.4) is 0 Å². The highest BCUT2D eigenvalue weighted by atomic mass is 16.1. The van der Waals surface area contributed by atoms with Crippen LogP contribution < -0.4 is 11.1 Å². The molecule has 0 saturated heterocycles. The number of benzene rings is 1. The van der Waals surface area contributed by atoms with E-state index in [-0.39, 0.29) is 5.91 Å². The highest BCUT2D eigenvalue weighted by Crippen LogP contribution is 2.12. The van der Waals surface area contributed by atoms with Crippen LogP contribution in [0.1, 0.15) is 29.4 Å². The number of nitrogens with zero attached hydrogens (tertiary/aromatic N) is 1. The van der Waals surface area contributed by atoms with E-state index in [4.69, 9.17) is 5.73 Å². The van der Waals surface area contributed by atoms with E-state index in [9.17, 15) is 4.79 Å². The van der Waals surface area contributed by atoms with E-state index in [1.165, 1.54) is 11.6 Å². The van der Waals surface area contributed by atoms with Crippen molar-refractivity contribution in [2.45, 2.75) is 19.8 Å². The Morgan fingerprint density at radius 2 is 2.11 bits per heavy atom. The van der Waals surface area contributed by atoms with Gasteiger partial charge in [0.2, 0.25) is 0 Å². The van der Waals surface area contributed by atoms with Gasteiger partial charge in [-0.15, -0.1) is 0 Å². The molecule has 18 heavy (non-hydrogen) atoms. The van der Waals surface area contributed by atoms with E-state index in [0.717, 1.165) is 18.5 Å². The van der Waals surface area contributed by atoms with Crippen molar-refractivity contribution in [3.05, 3.63) is 41.6 Å². The summed E-state index contributed by atoms with van der Waals surface area (Å²) in [5.74, 6) is 0.0564. The number of hydrogen-bond acceptors (Lipinski definition) is 3. The number of nitrogen functional groups attached to an aromatic ring is 1. The van der Waals surface area contributed by atoms with Crippen LogP contribution in [-0.4, -0.2) is 16.1 Å². The summed E-state index contributed by atoms with van der Waals surface area (Å²) in [4.78, 5) is 11.8. The van der Waals surface area contributed by atoms with Gasteiger partial charge < -0.3 is 11.1 Å². The minimum absolute atomic E-state index is 0.248. The molecule has 1 amide bonds. The molecule has 0 spiro atoms. The van der Waals surface area contributed by atoms with Crippen molar-refractivity contribution in [1.29, 1.82) is 0 Å². The molecule has 0 bridgehead atoms. The van der Waals surface area contributed by atoms with Gasteiger partial charge in [-0.05, 0) is 24.1 Å². The van der Waals surface area contributed by atoms with Crippen LogP contribution in [0.2, 0.25) is 0 Å². The number of aromatic nitrogens is 2. The Bertz CT molecular complexity index is 530. The first kappa shape index (κ1) is 12.2. The molecule has 1 aromatic heterocycles. The number of rotatable bonds is 4. The van der Waals surface area contributed by atoms with Gasteiger partial charge in [0, 0.05) is 11.8 Å². The lowest BCUT2D eigenvalue weighted by molar-refractivity contribution is 0.102. The fourth-order valence-electron chi connectivity index (χ4n) is 1.70. The molecule has 94 valence electrons. The predicted molar refractivity (Wildman–Crippen MR) is 71.4 cm³/mol. The molecule has 2 rings (SSSR count). The molecule has 1 aromatic carbocycles. The fraction of sp³-hybridized carbons (Fsp3) is 0.231. The molecular weight excluding hydrogens is 228 g/mol. The maximum absolute atomic E-state index is 11.8. The molecule has 0 atom stereocenters. The van der Waals surface area contributed by atoms with Gasteiger partial charge in [0.1, 0.15) is 11.5 Å². The Kier molecular flexibility index (Phi) is 3.62. The summed E-state index contributed by atoms with van der Waals surface area (Å²) < 4.78 is 0. The smallest absolute Gasteiger partial charge is 0.273 e. The van der Waals surface area contributed by atoms with Gasteiger partial charge in [-0.3, -0.25) is 9.89 Å². The number of carbonyl (C=O) groups is 1. The molecule has 0 aliphatic heterocycles. The zero-order chi connectivity index (χ0) is 13.0. The topological polar surface area (TPSA) is 83.8 Å². The molecule has 0 aliphatic rings. The molecule has 0 saturated carbocycles. The van der Waals surface area contributed by atoms with Gasteiger partial charge in [0.15, 0.2) is 0 Å². The molecular formula is C13H16N4O. The van der Waals surface area contributed by atoms with E-state index in [1.807, 2.05) is 24.3 Å². The Labute approximate surface area is 105 Å². The second-order valence-electron chi connectivity index (χ2n) is 4.11. The van der Waals surface area contributed by atoms with Gasteiger partial charge in [-0.2, -0.15) is 5.10 Å². The standard InChI is InChI=1S/C13H16N4O/c1-2-3-9-4-6-10(7-5-9)15-13(18)11-8-12(14)17-16-11/h4-8H,2-3H2,1H3,(H,15,18)(H3,14,16,17). The van der Waals surface area contributed by atoms with Crippen LogP contribution in [0.4, 0.5) is 11.5 Å². The van der Waals surface area contributed by atoms with Crippen molar-refractivity contribution in [3.63, 3.8) is 0 Å². The van der Waals surface area contributed by atoms with Gasteiger partial charge in [0.05, 0.1) is 0 Å². The maximum atomic E-state index is 11.8. The lowest BCUT2D eigenvalue weighted by atomic mass is 10.1. The quantitative estimate of drug-likeness (QED) is 0.770. The zero-order valence-electron chi connectivity index (χ0n) is 10.2. The van der Waals surface area contributed by atoms with E-state index in [2.05, 4.69) is 22.4 Å². The van der Waals surface area contributed by atoms with E-state index in [1.54, 1.807) is 0 Å². The van der Waals surface area contributed by atoms with Crippen LogP contribution in [0.5, 0.6) is 0 Å². The minimum Gasteiger partial charge on any atom is -0.382 e. The minimum atomic E-state index is -0.248. The SMILES string of the molecule is CCCc1ccc(NC(=O)c2cc(N)n[nH]2)cc1. The number of nitrogens with one attached hydrogen (secondary N) is 2. The summed E-state index contributed by atoms with van der Waals surface area (Å²) in [7, 11) is 0. The number of carbonyl (C=O) groups excluding carboxylic acids is 1. The van der Waals surface area contributed by atoms with Crippen LogP contribution in [0.25, 0.3) is 0 Å². The van der Waals surface area contributed by atoms with Crippen LogP contribution in [0, 0.1) is 0 Å². The normalized spacial score (nSPS) is 10.3. The Morgan fingerprint density at radius 1 is 1.39 bits per heavy atom. The Hall–Kier alpha value is -2.30. The lowest BCUT2D eigenvalue weighted by Crippen LogP contribution is -2.12. The number of aryl methyl sites for hydroxylation is 1. The average molecular weight is 244 g/mol. The molecule has 0 aliphatic carbocycles. The van der Waals surface area contributed by atoms with Crippen molar-refractivity contribution in [1.82, 2.24) is 10.2 Å². The van der Waals surface area contributed by atoms with Crippen molar-refractivity contribution in [2.75, 3.05) is 11.1 Å². The molecule has 2 aromatic rings. The first-order valence-corrected chi connectivity index (χ1v) is 5.90. The van der Waals surface area contributed by atoms with Crippen molar-refractivity contribution in [2.24, 2.45) is 0 Å². The van der Waals surface area contributed by atoms with Crippen LogP contribution in [-0.2, 0) is 6.42 Å². The molecule has 5 heteroatoms. The molecule has 5 nitrogen and oxygen atoms in total. The van der Waals surface area contributed by atoms with E-state index in [0.29, 0.717) is 11.5 Å². The van der Waals surface area contributed by atoms with Crippen molar-refractivity contribution >= 4 is 17.4 Å². The predicted octanol–water partition coefficient (Wildman–Crippen LogP) is 2.20. The largest absolute Gasteiger partial charge is 0.382 e. The third-order valence-corrected chi connectivity index (χ3v) is 2.59. The summed E-state index contributed by atoms with van der Waals surface area (Å²) >= 11 is 0. The number of H-pyrrole nitrogens is 1. The summed E-state index contributed by atoms with van der Waals surface area (Å²) in [6.07, 6.45) is 2.16. The first-order valence-electron chi connectivity index (χ1n) is 5.90. The average Bonchev–Trinajstić information content (AvgIpc) is 2.79. The second-order valence-corrected chi connectivity index (χ2v) is 4.11. The summed E-state index contributed by atoms with van der Waals surface area (Å²) in [6, 6.07) is 9.31. The first-order chi connectivity index (χ1) is 8.69. The van der Waals surface area contributed by atoms with Gasteiger partial charge in [0.25, 0.3) is 5.91 Å². The molecule has 0 fully saturated rings. The van der Waals surface area contributed by atoms with E-state index >= 15 is 0 Å². The Balaban J connectivity index is 2.03. The van der Waals surface area contributed by atoms with Crippen LogP contribution >= 0.6 is 0 Å².